The Labute approximate surface area is 68.9 Å². The molecule has 34 valence electrons. The maximum Gasteiger partial charge on any atom is 2.00 e. The molecular formula is O4STiZn+2. The van der Waals surface area contributed by atoms with Crippen LogP contribution in [-0.4, -0.2) is 17.5 Å². The summed E-state index contributed by atoms with van der Waals surface area (Å²) in [6.45, 7) is 0. The molecule has 0 aliphatic carbocycles. The first kappa shape index (κ1) is 15.7. The molecular weight excluding hydrogens is 209 g/mol. The van der Waals surface area contributed by atoms with Crippen LogP contribution in [-0.2, 0) is 51.6 Å². The van der Waals surface area contributed by atoms with E-state index in [9.17, 15) is 0 Å². The summed E-state index contributed by atoms with van der Waals surface area (Å²) < 4.78 is 34.1. The molecule has 7 heteroatoms. The zero-order chi connectivity index (χ0) is 4.50. The topological polar surface area (TPSA) is 80.3 Å². The Morgan fingerprint density at radius 1 is 1.14 bits per heavy atom. The fraction of sp³-hybridized carbons (Fsp3) is 0. The molecule has 4 nitrogen and oxygen atoms in total. The summed E-state index contributed by atoms with van der Waals surface area (Å²) in [4.78, 5) is 0. The molecule has 7 heavy (non-hydrogen) atoms. The second-order valence-electron chi connectivity index (χ2n) is 0.408. The third-order valence-electron chi connectivity index (χ3n) is 0. The maximum atomic E-state index is 8.52. The van der Waals surface area contributed by atoms with Gasteiger partial charge in [-0.1, -0.05) is 0 Å². The van der Waals surface area contributed by atoms with Crippen molar-refractivity contribution in [3.63, 3.8) is 0 Å². The van der Waals surface area contributed by atoms with Gasteiger partial charge in [-0.25, -0.2) is 0 Å². The molecule has 0 unspecified atom stereocenters. The molecule has 0 aliphatic rings. The molecule has 0 aromatic heterocycles. The zero-order valence-electron chi connectivity index (χ0n) is 3.25. The van der Waals surface area contributed by atoms with Crippen LogP contribution in [0, 0.1) is 0 Å². The molecule has 0 radical (unpaired) electrons. The minimum Gasteiger partial charge on any atom is -0.759 e. The quantitative estimate of drug-likeness (QED) is 0.281. The van der Waals surface area contributed by atoms with Gasteiger partial charge in [-0.15, -0.1) is 0 Å². The second kappa shape index (κ2) is 5.35. The SMILES string of the molecule is O=S(=O)([O-])[O-].[Ti+2].[Zn+2]. The Kier molecular flexibility index (Phi) is 12.0. The van der Waals surface area contributed by atoms with Gasteiger partial charge in [0.05, 0.1) is 0 Å². The van der Waals surface area contributed by atoms with Crippen LogP contribution in [0.25, 0.3) is 0 Å². The molecule has 0 amide bonds. The Morgan fingerprint density at radius 2 is 1.14 bits per heavy atom. The van der Waals surface area contributed by atoms with Crippen LogP contribution >= 0.6 is 0 Å². The van der Waals surface area contributed by atoms with Gasteiger partial charge in [0, 0.05) is 10.4 Å². The first-order valence-corrected chi connectivity index (χ1v) is 2.00. The molecule has 0 spiro atoms. The first-order valence-electron chi connectivity index (χ1n) is 0.667. The van der Waals surface area contributed by atoms with E-state index >= 15 is 0 Å². The average molecular weight is 209 g/mol. The van der Waals surface area contributed by atoms with Crippen LogP contribution in [0.5, 0.6) is 0 Å². The summed E-state index contributed by atoms with van der Waals surface area (Å²) >= 11 is 0. The third-order valence-corrected chi connectivity index (χ3v) is 0. The molecule has 0 atom stereocenters. The van der Waals surface area contributed by atoms with E-state index in [1.807, 2.05) is 0 Å². The summed E-state index contributed by atoms with van der Waals surface area (Å²) in [5.74, 6) is 0. The molecule has 0 N–H and O–H groups in total. The van der Waals surface area contributed by atoms with Crippen molar-refractivity contribution in [2.75, 3.05) is 0 Å². The summed E-state index contributed by atoms with van der Waals surface area (Å²) in [6.07, 6.45) is 0. The third kappa shape index (κ3) is 134. The molecule has 0 saturated heterocycles. The van der Waals surface area contributed by atoms with Crippen molar-refractivity contribution in [3.05, 3.63) is 0 Å². The fourth-order valence-corrected chi connectivity index (χ4v) is 0. The largest absolute Gasteiger partial charge is 2.00 e. The number of rotatable bonds is 0. The Bertz CT molecular complexity index is 94.9. The van der Waals surface area contributed by atoms with Crippen molar-refractivity contribution < 1.29 is 58.7 Å². The Hall–Kier alpha value is 1.21. The molecule has 0 heterocycles. The maximum absolute atomic E-state index is 8.52. The molecule has 0 aliphatic heterocycles. The number of hydrogen-bond donors (Lipinski definition) is 0. The van der Waals surface area contributed by atoms with Gasteiger partial charge in [-0.3, -0.25) is 8.42 Å². The monoisotopic (exact) mass is 208 g/mol. The normalized spacial score (nSPS) is 8.29. The minimum absolute atomic E-state index is 0. The summed E-state index contributed by atoms with van der Waals surface area (Å²) in [5.41, 5.74) is 0. The van der Waals surface area contributed by atoms with Crippen LogP contribution < -0.4 is 0 Å². The van der Waals surface area contributed by atoms with Crippen LogP contribution in [0.3, 0.4) is 0 Å². The van der Waals surface area contributed by atoms with E-state index < -0.39 is 10.4 Å². The van der Waals surface area contributed by atoms with Gasteiger partial charge < -0.3 is 9.11 Å². The van der Waals surface area contributed by atoms with Gasteiger partial charge in [0.1, 0.15) is 0 Å². The van der Waals surface area contributed by atoms with E-state index in [0.717, 1.165) is 0 Å². The van der Waals surface area contributed by atoms with E-state index in [0.29, 0.717) is 0 Å². The van der Waals surface area contributed by atoms with Crippen LogP contribution in [0.1, 0.15) is 0 Å². The smallest absolute Gasteiger partial charge is 0.759 e. The van der Waals surface area contributed by atoms with E-state index in [2.05, 4.69) is 0 Å². The van der Waals surface area contributed by atoms with Gasteiger partial charge in [0.25, 0.3) is 0 Å². The van der Waals surface area contributed by atoms with E-state index in [4.69, 9.17) is 17.5 Å². The summed E-state index contributed by atoms with van der Waals surface area (Å²) in [5, 5.41) is 0. The van der Waals surface area contributed by atoms with E-state index in [1.165, 1.54) is 0 Å². The van der Waals surface area contributed by atoms with Crippen molar-refractivity contribution in [2.45, 2.75) is 0 Å². The van der Waals surface area contributed by atoms with Gasteiger partial charge in [-0.2, -0.15) is 0 Å². The zero-order valence-corrected chi connectivity index (χ0v) is 8.59. The van der Waals surface area contributed by atoms with E-state index in [1.54, 1.807) is 0 Å². The van der Waals surface area contributed by atoms with Crippen molar-refractivity contribution in [3.8, 4) is 0 Å². The number of hydrogen-bond acceptors (Lipinski definition) is 4. The van der Waals surface area contributed by atoms with Crippen molar-refractivity contribution in [1.29, 1.82) is 0 Å². The van der Waals surface area contributed by atoms with Crippen LogP contribution in [0.4, 0.5) is 0 Å². The Balaban J connectivity index is -0.0000000800. The van der Waals surface area contributed by atoms with Gasteiger partial charge in [0.2, 0.25) is 0 Å². The average Bonchev–Trinajstić information content (AvgIpc) is 0.722. The molecule has 0 saturated carbocycles. The second-order valence-corrected chi connectivity index (χ2v) is 1.22. The molecule has 0 rings (SSSR count). The van der Waals surface area contributed by atoms with Gasteiger partial charge >= 0.3 is 41.2 Å². The first-order chi connectivity index (χ1) is 2.00. The molecule has 0 aromatic rings. The predicted molar refractivity (Wildman–Crippen MR) is 10.5 cm³/mol. The van der Waals surface area contributed by atoms with Crippen LogP contribution in [0.2, 0.25) is 0 Å². The van der Waals surface area contributed by atoms with Crippen molar-refractivity contribution in [1.82, 2.24) is 0 Å². The fourth-order valence-electron chi connectivity index (χ4n) is 0. The van der Waals surface area contributed by atoms with Gasteiger partial charge in [0.15, 0.2) is 0 Å². The molecule has 0 fully saturated rings. The van der Waals surface area contributed by atoms with Gasteiger partial charge in [-0.05, 0) is 0 Å². The van der Waals surface area contributed by atoms with Crippen molar-refractivity contribution in [2.24, 2.45) is 0 Å². The predicted octanol–water partition coefficient (Wildman–Crippen LogP) is -1.34. The van der Waals surface area contributed by atoms with Crippen molar-refractivity contribution >= 4 is 10.4 Å². The van der Waals surface area contributed by atoms with E-state index in [-0.39, 0.29) is 41.2 Å². The molecule has 0 bridgehead atoms. The van der Waals surface area contributed by atoms with Crippen LogP contribution in [0.15, 0.2) is 0 Å². The summed E-state index contributed by atoms with van der Waals surface area (Å²) in [7, 11) is -5.17. The summed E-state index contributed by atoms with van der Waals surface area (Å²) in [6, 6.07) is 0. The molecule has 0 aromatic carbocycles. The minimum atomic E-state index is -5.17. The Morgan fingerprint density at radius 3 is 1.14 bits per heavy atom. The standard InChI is InChI=1S/H2O4S.Ti.Zn/c1-5(2,3)4;;/h(H2,1,2,3,4);;/q;2*+2/p-2.